The molecule has 0 saturated heterocycles. The summed E-state index contributed by atoms with van der Waals surface area (Å²) in [5.41, 5.74) is 2.49. The Morgan fingerprint density at radius 1 is 1.00 bits per heavy atom. The van der Waals surface area contributed by atoms with E-state index >= 15 is 0 Å². The molecule has 2 rings (SSSR count). The Kier molecular flexibility index (Phi) is 5.10. The van der Waals surface area contributed by atoms with Crippen molar-refractivity contribution in [1.29, 1.82) is 0 Å². The molecule has 0 heterocycles. The van der Waals surface area contributed by atoms with Gasteiger partial charge in [-0.25, -0.2) is 4.39 Å². The average molecular weight is 257 g/mol. The Morgan fingerprint density at radius 3 is 2.32 bits per heavy atom. The molecule has 1 N–H and O–H groups in total. The zero-order valence-corrected chi connectivity index (χ0v) is 11.3. The third kappa shape index (κ3) is 4.18. The first-order valence-electron chi connectivity index (χ1n) is 6.82. The van der Waals surface area contributed by atoms with Gasteiger partial charge in [0.05, 0.1) is 0 Å². The molecule has 0 bridgehead atoms. The number of hydrogen-bond acceptors (Lipinski definition) is 1. The summed E-state index contributed by atoms with van der Waals surface area (Å²) in [5.74, 6) is -0.178. The monoisotopic (exact) mass is 257 g/mol. The summed E-state index contributed by atoms with van der Waals surface area (Å²) in [5, 5.41) is 3.53. The molecule has 0 aliphatic carbocycles. The molecule has 0 aliphatic heterocycles. The van der Waals surface area contributed by atoms with Crippen molar-refractivity contribution in [2.24, 2.45) is 0 Å². The number of nitrogens with one attached hydrogen (secondary N) is 1. The molecule has 0 saturated carbocycles. The second-order valence-electron chi connectivity index (χ2n) is 4.70. The molecule has 1 unspecified atom stereocenters. The van der Waals surface area contributed by atoms with Crippen LogP contribution >= 0.6 is 0 Å². The normalized spacial score (nSPS) is 12.3. The third-order valence-electron chi connectivity index (χ3n) is 3.33. The van der Waals surface area contributed by atoms with Crippen LogP contribution in [0.4, 0.5) is 4.39 Å². The van der Waals surface area contributed by atoms with Crippen LogP contribution in [0.25, 0.3) is 0 Å². The predicted molar refractivity (Wildman–Crippen MR) is 77.6 cm³/mol. The minimum absolute atomic E-state index is 0.178. The molecule has 1 atom stereocenters. The largest absolute Gasteiger partial charge is 0.310 e. The van der Waals surface area contributed by atoms with Crippen LogP contribution in [0, 0.1) is 5.82 Å². The first kappa shape index (κ1) is 13.8. The van der Waals surface area contributed by atoms with Crippen LogP contribution in [-0.2, 0) is 6.42 Å². The minimum Gasteiger partial charge on any atom is -0.310 e. The van der Waals surface area contributed by atoms with E-state index in [-0.39, 0.29) is 5.82 Å². The van der Waals surface area contributed by atoms with Crippen molar-refractivity contribution in [2.45, 2.75) is 25.8 Å². The standard InChI is InChI=1S/C17H20FN/c1-2-17(15-8-10-16(18)11-9-15)19-13-12-14-6-4-3-5-7-14/h3-11,17,19H,2,12-13H2,1H3. The van der Waals surface area contributed by atoms with Gasteiger partial charge in [0.2, 0.25) is 0 Å². The first-order valence-corrected chi connectivity index (χ1v) is 6.82. The van der Waals surface area contributed by atoms with E-state index in [1.807, 2.05) is 18.2 Å². The van der Waals surface area contributed by atoms with Gasteiger partial charge in [-0.3, -0.25) is 0 Å². The molecule has 100 valence electrons. The fourth-order valence-corrected chi connectivity index (χ4v) is 2.23. The van der Waals surface area contributed by atoms with Crippen LogP contribution in [-0.4, -0.2) is 6.54 Å². The predicted octanol–water partition coefficient (Wildman–Crippen LogP) is 4.11. The maximum Gasteiger partial charge on any atom is 0.123 e. The fourth-order valence-electron chi connectivity index (χ4n) is 2.23. The van der Waals surface area contributed by atoms with Gasteiger partial charge in [-0.05, 0) is 42.6 Å². The highest BCUT2D eigenvalue weighted by atomic mass is 19.1. The number of halogens is 1. The third-order valence-corrected chi connectivity index (χ3v) is 3.33. The summed E-state index contributed by atoms with van der Waals surface area (Å²) in [7, 11) is 0. The highest BCUT2D eigenvalue weighted by Crippen LogP contribution is 2.16. The molecule has 1 nitrogen and oxygen atoms in total. The highest BCUT2D eigenvalue weighted by molar-refractivity contribution is 5.20. The molecule has 0 aliphatic rings. The number of rotatable bonds is 6. The van der Waals surface area contributed by atoms with E-state index < -0.39 is 0 Å². The SMILES string of the molecule is CCC(NCCc1ccccc1)c1ccc(F)cc1. The lowest BCUT2D eigenvalue weighted by Gasteiger charge is -2.17. The smallest absolute Gasteiger partial charge is 0.123 e. The molecule has 2 aromatic carbocycles. The highest BCUT2D eigenvalue weighted by Gasteiger charge is 2.08. The maximum absolute atomic E-state index is 12.9. The van der Waals surface area contributed by atoms with Gasteiger partial charge in [-0.15, -0.1) is 0 Å². The second kappa shape index (κ2) is 7.05. The second-order valence-corrected chi connectivity index (χ2v) is 4.70. The molecule has 0 spiro atoms. The van der Waals surface area contributed by atoms with Gasteiger partial charge in [0.25, 0.3) is 0 Å². The van der Waals surface area contributed by atoms with Crippen molar-refractivity contribution in [3.63, 3.8) is 0 Å². The van der Waals surface area contributed by atoms with Crippen LogP contribution in [0.5, 0.6) is 0 Å². The van der Waals surface area contributed by atoms with E-state index in [0.717, 1.165) is 24.9 Å². The molecular weight excluding hydrogens is 237 g/mol. The maximum atomic E-state index is 12.9. The van der Waals surface area contributed by atoms with Crippen LogP contribution < -0.4 is 5.32 Å². The summed E-state index contributed by atoms with van der Waals surface area (Å²) in [6.45, 7) is 3.07. The van der Waals surface area contributed by atoms with Gasteiger partial charge in [0.1, 0.15) is 5.82 Å². The Hall–Kier alpha value is -1.67. The van der Waals surface area contributed by atoms with Crippen LogP contribution in [0.3, 0.4) is 0 Å². The molecule has 19 heavy (non-hydrogen) atoms. The zero-order chi connectivity index (χ0) is 13.5. The lowest BCUT2D eigenvalue weighted by molar-refractivity contribution is 0.521. The lowest BCUT2D eigenvalue weighted by atomic mass is 10.0. The van der Waals surface area contributed by atoms with Crippen LogP contribution in [0.2, 0.25) is 0 Å². The molecular formula is C17H20FN. The number of benzene rings is 2. The van der Waals surface area contributed by atoms with E-state index in [0.29, 0.717) is 6.04 Å². The van der Waals surface area contributed by atoms with Crippen molar-refractivity contribution in [3.8, 4) is 0 Å². The van der Waals surface area contributed by atoms with E-state index in [1.54, 1.807) is 0 Å². The van der Waals surface area contributed by atoms with E-state index in [1.165, 1.54) is 17.7 Å². The van der Waals surface area contributed by atoms with E-state index in [9.17, 15) is 4.39 Å². The van der Waals surface area contributed by atoms with E-state index in [4.69, 9.17) is 0 Å². The Morgan fingerprint density at radius 2 is 1.68 bits per heavy atom. The van der Waals surface area contributed by atoms with Crippen LogP contribution in [0.1, 0.15) is 30.5 Å². The fraction of sp³-hybridized carbons (Fsp3) is 0.294. The Balaban J connectivity index is 1.87. The van der Waals surface area contributed by atoms with Crippen molar-refractivity contribution in [3.05, 3.63) is 71.5 Å². The van der Waals surface area contributed by atoms with Gasteiger partial charge >= 0.3 is 0 Å². The van der Waals surface area contributed by atoms with Crippen molar-refractivity contribution in [2.75, 3.05) is 6.54 Å². The lowest BCUT2D eigenvalue weighted by Crippen LogP contribution is -2.23. The average Bonchev–Trinajstić information content (AvgIpc) is 2.46. The summed E-state index contributed by atoms with van der Waals surface area (Å²) in [6.07, 6.45) is 2.01. The summed E-state index contributed by atoms with van der Waals surface area (Å²) in [4.78, 5) is 0. The molecule has 2 heteroatoms. The van der Waals surface area contributed by atoms with E-state index in [2.05, 4.69) is 36.5 Å². The molecule has 0 amide bonds. The quantitative estimate of drug-likeness (QED) is 0.821. The van der Waals surface area contributed by atoms with Gasteiger partial charge in [-0.1, -0.05) is 49.4 Å². The van der Waals surface area contributed by atoms with Crippen molar-refractivity contribution in [1.82, 2.24) is 5.32 Å². The first-order chi connectivity index (χ1) is 9.29. The minimum atomic E-state index is -0.178. The summed E-state index contributed by atoms with van der Waals surface area (Å²) in [6, 6.07) is 17.5. The summed E-state index contributed by atoms with van der Waals surface area (Å²) < 4.78 is 12.9. The van der Waals surface area contributed by atoms with Gasteiger partial charge in [0, 0.05) is 6.04 Å². The van der Waals surface area contributed by atoms with Gasteiger partial charge < -0.3 is 5.32 Å². The zero-order valence-electron chi connectivity index (χ0n) is 11.3. The molecule has 0 fully saturated rings. The molecule has 0 radical (unpaired) electrons. The van der Waals surface area contributed by atoms with Gasteiger partial charge in [0.15, 0.2) is 0 Å². The summed E-state index contributed by atoms with van der Waals surface area (Å²) >= 11 is 0. The number of hydrogen-bond donors (Lipinski definition) is 1. The Labute approximate surface area is 114 Å². The van der Waals surface area contributed by atoms with Gasteiger partial charge in [-0.2, -0.15) is 0 Å². The van der Waals surface area contributed by atoms with Crippen LogP contribution in [0.15, 0.2) is 54.6 Å². The Bertz CT molecular complexity index is 478. The van der Waals surface area contributed by atoms with Crippen molar-refractivity contribution < 1.29 is 4.39 Å². The topological polar surface area (TPSA) is 12.0 Å². The van der Waals surface area contributed by atoms with Crippen molar-refractivity contribution >= 4 is 0 Å². The molecule has 2 aromatic rings. The molecule has 0 aromatic heterocycles.